The first-order valence-corrected chi connectivity index (χ1v) is 6.96. The highest BCUT2D eigenvalue weighted by Crippen LogP contribution is 2.10. The Balaban J connectivity index is 1.78. The van der Waals surface area contributed by atoms with E-state index in [1.807, 2.05) is 0 Å². The molecule has 0 fully saturated rings. The Bertz CT molecular complexity index is 757. The number of nitro benzene ring substituents is 1. The maximum absolute atomic E-state index is 11.7. The van der Waals surface area contributed by atoms with Gasteiger partial charge in [-0.3, -0.25) is 19.7 Å². The Morgan fingerprint density at radius 3 is 2.38 bits per heavy atom. The molecule has 0 saturated heterocycles. The maximum atomic E-state index is 11.7. The number of nitrogens with one attached hydrogen (secondary N) is 2. The fourth-order valence-electron chi connectivity index (χ4n) is 1.75. The fraction of sp³-hybridized carbons (Fsp3) is 0.0625. The van der Waals surface area contributed by atoms with Gasteiger partial charge in [-0.15, -0.1) is 0 Å². The number of hydrazone groups is 1. The van der Waals surface area contributed by atoms with Crippen LogP contribution in [0.4, 0.5) is 5.69 Å². The van der Waals surface area contributed by atoms with E-state index in [0.717, 1.165) is 0 Å². The summed E-state index contributed by atoms with van der Waals surface area (Å²) in [5.41, 5.74) is 3.28. The molecule has 0 aliphatic rings. The molecule has 0 saturated carbocycles. The van der Waals surface area contributed by atoms with Crippen molar-refractivity contribution in [2.45, 2.75) is 0 Å². The lowest BCUT2D eigenvalue weighted by molar-refractivity contribution is -0.384. The van der Waals surface area contributed by atoms with Crippen LogP contribution in [0.2, 0.25) is 0 Å². The Morgan fingerprint density at radius 1 is 1.08 bits per heavy atom. The van der Waals surface area contributed by atoms with Crippen molar-refractivity contribution in [1.82, 2.24) is 10.7 Å². The predicted octanol–water partition coefficient (Wildman–Crippen LogP) is 1.47. The van der Waals surface area contributed by atoms with Gasteiger partial charge in [0.15, 0.2) is 0 Å². The molecule has 0 spiro atoms. The van der Waals surface area contributed by atoms with Crippen molar-refractivity contribution in [2.24, 2.45) is 5.10 Å². The molecular weight excluding hydrogens is 312 g/mol. The lowest BCUT2D eigenvalue weighted by Gasteiger charge is -2.03. The van der Waals surface area contributed by atoms with E-state index in [2.05, 4.69) is 15.8 Å². The molecule has 122 valence electrons. The van der Waals surface area contributed by atoms with Crippen LogP contribution in [0, 0.1) is 10.1 Å². The molecule has 0 heterocycles. The molecule has 2 aromatic rings. The van der Waals surface area contributed by atoms with E-state index >= 15 is 0 Å². The van der Waals surface area contributed by atoms with Crippen LogP contribution in [0.25, 0.3) is 0 Å². The van der Waals surface area contributed by atoms with Crippen LogP contribution in [0.1, 0.15) is 15.9 Å². The highest BCUT2D eigenvalue weighted by atomic mass is 16.6. The molecule has 0 aliphatic heterocycles. The van der Waals surface area contributed by atoms with Gasteiger partial charge in [0.25, 0.3) is 17.5 Å². The molecule has 24 heavy (non-hydrogen) atoms. The number of hydrogen-bond donors (Lipinski definition) is 2. The van der Waals surface area contributed by atoms with Crippen LogP contribution in [-0.2, 0) is 4.79 Å². The molecule has 2 aromatic carbocycles. The van der Waals surface area contributed by atoms with E-state index in [4.69, 9.17) is 0 Å². The van der Waals surface area contributed by atoms with Crippen LogP contribution in [-0.4, -0.2) is 29.5 Å². The molecular formula is C16H14N4O4. The van der Waals surface area contributed by atoms with Crippen LogP contribution in [0.3, 0.4) is 0 Å². The fourth-order valence-corrected chi connectivity index (χ4v) is 1.75. The van der Waals surface area contributed by atoms with Gasteiger partial charge in [-0.1, -0.05) is 18.2 Å². The van der Waals surface area contributed by atoms with Crippen molar-refractivity contribution < 1.29 is 14.5 Å². The van der Waals surface area contributed by atoms with E-state index in [9.17, 15) is 19.7 Å². The second kappa shape index (κ2) is 8.18. The highest BCUT2D eigenvalue weighted by Gasteiger charge is 2.06. The molecule has 8 heteroatoms. The molecule has 2 N–H and O–H groups in total. The van der Waals surface area contributed by atoms with Gasteiger partial charge < -0.3 is 5.32 Å². The smallest absolute Gasteiger partial charge is 0.269 e. The van der Waals surface area contributed by atoms with Crippen LogP contribution >= 0.6 is 0 Å². The second-order valence-electron chi connectivity index (χ2n) is 4.69. The van der Waals surface area contributed by atoms with E-state index in [1.165, 1.54) is 30.5 Å². The Morgan fingerprint density at radius 2 is 1.75 bits per heavy atom. The number of carbonyl (C=O) groups excluding carboxylic acids is 2. The van der Waals surface area contributed by atoms with Crippen LogP contribution in [0.15, 0.2) is 59.7 Å². The van der Waals surface area contributed by atoms with Gasteiger partial charge in [-0.25, -0.2) is 5.43 Å². The highest BCUT2D eigenvalue weighted by molar-refractivity contribution is 5.96. The van der Waals surface area contributed by atoms with Crippen molar-refractivity contribution in [3.63, 3.8) is 0 Å². The zero-order chi connectivity index (χ0) is 17.4. The molecule has 0 bridgehead atoms. The SMILES string of the molecule is O=C(CNC(=O)c1ccccc1)N/N=C/c1ccc([N+](=O)[O-])cc1. The average molecular weight is 326 g/mol. The third-order valence-electron chi connectivity index (χ3n) is 2.95. The topological polar surface area (TPSA) is 114 Å². The van der Waals surface area contributed by atoms with Gasteiger partial charge in [0, 0.05) is 17.7 Å². The molecule has 2 amide bonds. The number of carbonyl (C=O) groups is 2. The molecule has 0 unspecified atom stereocenters. The van der Waals surface area contributed by atoms with Gasteiger partial charge in [0.05, 0.1) is 17.7 Å². The first-order chi connectivity index (χ1) is 11.6. The number of non-ortho nitro benzene ring substituents is 1. The zero-order valence-corrected chi connectivity index (χ0v) is 12.5. The molecule has 0 aromatic heterocycles. The van der Waals surface area contributed by atoms with Crippen molar-refractivity contribution in [1.29, 1.82) is 0 Å². The summed E-state index contributed by atoms with van der Waals surface area (Å²) in [4.78, 5) is 33.4. The summed E-state index contributed by atoms with van der Waals surface area (Å²) in [6.45, 7) is -0.217. The summed E-state index contributed by atoms with van der Waals surface area (Å²) in [7, 11) is 0. The quantitative estimate of drug-likeness (QED) is 0.475. The summed E-state index contributed by atoms with van der Waals surface area (Å²) in [6.07, 6.45) is 1.35. The number of nitro groups is 1. The largest absolute Gasteiger partial charge is 0.343 e. The minimum atomic E-state index is -0.502. The molecule has 0 atom stereocenters. The number of hydrogen-bond acceptors (Lipinski definition) is 5. The summed E-state index contributed by atoms with van der Waals surface area (Å²) in [5.74, 6) is -0.845. The standard InChI is InChI=1S/C16H14N4O4/c21-15(11-17-16(22)13-4-2-1-3-5-13)19-18-10-12-6-8-14(9-7-12)20(23)24/h1-10H,11H2,(H,17,22)(H,19,21)/b18-10+. The molecule has 2 rings (SSSR count). The summed E-state index contributed by atoms with van der Waals surface area (Å²) in [5, 5.41) is 16.7. The van der Waals surface area contributed by atoms with Crippen molar-refractivity contribution in [2.75, 3.05) is 6.54 Å². The van der Waals surface area contributed by atoms with E-state index < -0.39 is 10.8 Å². The van der Waals surface area contributed by atoms with E-state index in [-0.39, 0.29) is 18.1 Å². The number of benzene rings is 2. The minimum absolute atomic E-state index is 0.0280. The Kier molecular flexibility index (Phi) is 5.73. The molecule has 0 aliphatic carbocycles. The van der Waals surface area contributed by atoms with Crippen LogP contribution < -0.4 is 10.7 Å². The monoisotopic (exact) mass is 326 g/mol. The average Bonchev–Trinajstić information content (AvgIpc) is 2.61. The van der Waals surface area contributed by atoms with Gasteiger partial charge in [-0.05, 0) is 29.8 Å². The van der Waals surface area contributed by atoms with Gasteiger partial charge in [0.1, 0.15) is 0 Å². The minimum Gasteiger partial charge on any atom is -0.343 e. The van der Waals surface area contributed by atoms with Gasteiger partial charge in [0.2, 0.25) is 0 Å². The van der Waals surface area contributed by atoms with Crippen molar-refractivity contribution in [3.05, 3.63) is 75.8 Å². The third-order valence-corrected chi connectivity index (χ3v) is 2.95. The van der Waals surface area contributed by atoms with Crippen molar-refractivity contribution in [3.8, 4) is 0 Å². The summed E-state index contributed by atoms with van der Waals surface area (Å²) < 4.78 is 0. The normalized spacial score (nSPS) is 10.3. The van der Waals surface area contributed by atoms with Crippen LogP contribution in [0.5, 0.6) is 0 Å². The lowest BCUT2D eigenvalue weighted by atomic mass is 10.2. The Hall–Kier alpha value is -3.55. The van der Waals surface area contributed by atoms with Gasteiger partial charge >= 0.3 is 0 Å². The second-order valence-corrected chi connectivity index (χ2v) is 4.69. The molecule has 8 nitrogen and oxygen atoms in total. The predicted molar refractivity (Wildman–Crippen MR) is 87.6 cm³/mol. The zero-order valence-electron chi connectivity index (χ0n) is 12.5. The first kappa shape index (κ1) is 16.8. The van der Waals surface area contributed by atoms with E-state index in [0.29, 0.717) is 11.1 Å². The van der Waals surface area contributed by atoms with Crippen molar-refractivity contribution >= 4 is 23.7 Å². The van der Waals surface area contributed by atoms with E-state index in [1.54, 1.807) is 30.3 Å². The summed E-state index contributed by atoms with van der Waals surface area (Å²) in [6, 6.07) is 14.2. The number of amides is 2. The summed E-state index contributed by atoms with van der Waals surface area (Å²) >= 11 is 0. The lowest BCUT2D eigenvalue weighted by Crippen LogP contribution is -2.34. The molecule has 0 radical (unpaired) electrons. The number of rotatable bonds is 6. The Labute approximate surface area is 137 Å². The maximum Gasteiger partial charge on any atom is 0.269 e. The number of nitrogens with zero attached hydrogens (tertiary/aromatic N) is 2. The first-order valence-electron chi connectivity index (χ1n) is 6.96. The van der Waals surface area contributed by atoms with Gasteiger partial charge in [-0.2, -0.15) is 5.10 Å². The third kappa shape index (κ3) is 5.02.